The highest BCUT2D eigenvalue weighted by Gasteiger charge is 2.18. The molecule has 6 aromatic carbocycles. The molecule has 3 heterocycles. The number of furan rings is 2. The minimum Gasteiger partial charge on any atom is -0.456 e. The summed E-state index contributed by atoms with van der Waals surface area (Å²) in [6.07, 6.45) is 0. The van der Waals surface area contributed by atoms with E-state index < -0.39 is 171 Å². The molecule has 9 aromatic rings. The molecular weight excluding hydrogens is 478 g/mol. The Morgan fingerprint density at radius 2 is 1.10 bits per heavy atom. The first kappa shape index (κ1) is 9.18. The van der Waals surface area contributed by atoms with Crippen LogP contribution in [0.2, 0.25) is 0 Å². The molecule has 0 N–H and O–H groups in total. The van der Waals surface area contributed by atoms with E-state index in [1.54, 1.807) is 0 Å². The number of hydrogen-bond donors (Lipinski definition) is 0. The zero-order valence-electron chi connectivity index (χ0n) is 40.3. The van der Waals surface area contributed by atoms with Crippen molar-refractivity contribution in [2.24, 2.45) is 0 Å². The molecule has 0 aliphatic heterocycles. The Labute approximate surface area is 252 Å². The Morgan fingerprint density at radius 3 is 1.92 bits per heavy atom. The van der Waals surface area contributed by atoms with Crippen molar-refractivity contribution in [1.82, 2.24) is 4.57 Å². The maximum absolute atomic E-state index is 9.31. The van der Waals surface area contributed by atoms with Gasteiger partial charge < -0.3 is 13.4 Å². The monoisotopic (exact) mass is 520 g/mol. The van der Waals surface area contributed by atoms with Gasteiger partial charge in [0.15, 0.2) is 0 Å². The smallest absolute Gasteiger partial charge is 0.145 e. The molecule has 0 saturated carbocycles. The molecule has 0 atom stereocenters. The van der Waals surface area contributed by atoms with Crippen LogP contribution in [0.1, 0.15) is 28.8 Å². The number of aromatic nitrogens is 1. The van der Waals surface area contributed by atoms with Crippen LogP contribution in [0, 0.1) is 0 Å². The van der Waals surface area contributed by atoms with Crippen molar-refractivity contribution in [1.29, 1.82) is 0 Å². The molecule has 0 radical (unpaired) electrons. The molecule has 3 nitrogen and oxygen atoms in total. The molecule has 3 aromatic heterocycles. The second-order valence-electron chi connectivity index (χ2n) is 8.53. The minimum absolute atomic E-state index is 0.282. The van der Waals surface area contributed by atoms with Gasteiger partial charge in [0, 0.05) is 32.6 Å². The molecule has 182 valence electrons. The summed E-state index contributed by atoms with van der Waals surface area (Å²) in [4.78, 5) is 0. The van der Waals surface area contributed by atoms with Crippen LogP contribution in [0.15, 0.2) is 136 Å². The summed E-state index contributed by atoms with van der Waals surface area (Å²) in [7, 11) is 0. The third kappa shape index (κ3) is 2.87. The first-order valence-electron chi connectivity index (χ1n) is 22.0. The lowest BCUT2D eigenvalue weighted by atomic mass is 10.0. The molecule has 0 saturated heterocycles. The lowest BCUT2D eigenvalue weighted by Gasteiger charge is -2.09. The molecular formula is C36H21NO2. The van der Waals surface area contributed by atoms with Gasteiger partial charge in [-0.25, -0.2) is 0 Å². The highest BCUT2D eigenvalue weighted by molar-refractivity contribution is 6.23. The van der Waals surface area contributed by atoms with E-state index in [4.69, 9.17) is 29.4 Å². The van der Waals surface area contributed by atoms with E-state index in [0.717, 1.165) is 4.57 Å². The Kier molecular flexibility index (Phi) is 1.79. The van der Waals surface area contributed by atoms with Crippen molar-refractivity contribution in [3.05, 3.63) is 127 Å². The van der Waals surface area contributed by atoms with E-state index in [1.807, 2.05) is 0 Å². The quantitative estimate of drug-likeness (QED) is 0.227. The van der Waals surface area contributed by atoms with E-state index >= 15 is 0 Å². The highest BCUT2D eigenvalue weighted by atomic mass is 16.3. The summed E-state index contributed by atoms with van der Waals surface area (Å²) in [6, 6.07) is -15.7. The zero-order valence-corrected chi connectivity index (χ0v) is 19.3. The van der Waals surface area contributed by atoms with Crippen molar-refractivity contribution in [2.45, 2.75) is 0 Å². The molecule has 0 amide bonds. The summed E-state index contributed by atoms with van der Waals surface area (Å²) < 4.78 is 196. The third-order valence-corrected chi connectivity index (χ3v) is 6.44. The standard InChI is InChI=1S/C36H21NO2/c1-4-10-30-28(9-1)35-31(19-18-27-25-7-2-6-12-33(25)39-36(27)35)37(30)24-16-13-22(14-17-24)23-15-20-34-29(21-23)26-8-3-5-11-32(26)38-34/h1-21H/i1D,2D,3D,4D,5D,6D,7D,8D,9D,10D,11D,12D,13D,14D,15D,16D,17D,18D,19D,20D,21D. The van der Waals surface area contributed by atoms with E-state index in [-0.39, 0.29) is 37.9 Å². The van der Waals surface area contributed by atoms with Crippen LogP contribution in [0.4, 0.5) is 0 Å². The average Bonchev–Trinajstić information content (AvgIpc) is 3.92. The van der Waals surface area contributed by atoms with Gasteiger partial charge in [0.1, 0.15) is 22.3 Å². The fourth-order valence-electron chi connectivity index (χ4n) is 4.77. The highest BCUT2D eigenvalue weighted by Crippen LogP contribution is 2.40. The number of hydrogen-bond acceptors (Lipinski definition) is 2. The van der Waals surface area contributed by atoms with Gasteiger partial charge in [0.25, 0.3) is 0 Å². The van der Waals surface area contributed by atoms with Gasteiger partial charge in [-0.15, -0.1) is 0 Å². The average molecular weight is 521 g/mol. The van der Waals surface area contributed by atoms with Crippen molar-refractivity contribution in [3.8, 4) is 16.8 Å². The molecule has 0 aliphatic carbocycles. The lowest BCUT2D eigenvalue weighted by molar-refractivity contribution is 0.669. The summed E-state index contributed by atoms with van der Waals surface area (Å²) in [5.41, 5.74) is -4.66. The Hall–Kier alpha value is -5.28. The summed E-state index contributed by atoms with van der Waals surface area (Å²) in [6.45, 7) is 0. The molecule has 0 spiro atoms. The predicted octanol–water partition coefficient (Wildman–Crippen LogP) is 10.2. The van der Waals surface area contributed by atoms with Gasteiger partial charge in [-0.1, -0.05) is 72.5 Å². The largest absolute Gasteiger partial charge is 0.456 e. The van der Waals surface area contributed by atoms with Crippen LogP contribution >= 0.6 is 0 Å². The van der Waals surface area contributed by atoms with Crippen molar-refractivity contribution >= 4 is 65.7 Å². The van der Waals surface area contributed by atoms with Gasteiger partial charge in [-0.05, 0) is 65.5 Å². The topological polar surface area (TPSA) is 31.2 Å². The number of para-hydroxylation sites is 3. The Morgan fingerprint density at radius 1 is 0.462 bits per heavy atom. The maximum atomic E-state index is 9.31. The van der Waals surface area contributed by atoms with E-state index in [9.17, 15) is 8.22 Å². The number of benzene rings is 6. The van der Waals surface area contributed by atoms with Gasteiger partial charge in [0.05, 0.1) is 45.2 Å². The maximum Gasteiger partial charge on any atom is 0.145 e. The third-order valence-electron chi connectivity index (χ3n) is 6.44. The molecule has 0 unspecified atom stereocenters. The van der Waals surface area contributed by atoms with Crippen LogP contribution in [-0.2, 0) is 0 Å². The van der Waals surface area contributed by atoms with Gasteiger partial charge >= 0.3 is 0 Å². The first-order valence-corrected chi connectivity index (χ1v) is 11.5. The van der Waals surface area contributed by atoms with Crippen molar-refractivity contribution in [2.75, 3.05) is 0 Å². The van der Waals surface area contributed by atoms with Crippen LogP contribution in [-0.4, -0.2) is 4.57 Å². The molecule has 0 fully saturated rings. The predicted molar refractivity (Wildman–Crippen MR) is 161 cm³/mol. The molecule has 9 rings (SSSR count). The number of fused-ring (bicyclic) bond motifs is 10. The summed E-state index contributed by atoms with van der Waals surface area (Å²) >= 11 is 0. The summed E-state index contributed by atoms with van der Waals surface area (Å²) in [5, 5.41) is -1.92. The fraction of sp³-hybridized carbons (Fsp3) is 0. The van der Waals surface area contributed by atoms with Gasteiger partial charge in [0.2, 0.25) is 0 Å². The number of rotatable bonds is 2. The zero-order chi connectivity index (χ0) is 43.8. The first-order chi connectivity index (χ1) is 28.1. The second kappa shape index (κ2) is 7.62. The normalized spacial score (nSPS) is 19.6. The Balaban J connectivity index is 1.47. The molecule has 0 aliphatic rings. The Bertz CT molecular complexity index is 3540. The van der Waals surface area contributed by atoms with Crippen LogP contribution < -0.4 is 0 Å². The summed E-state index contributed by atoms with van der Waals surface area (Å²) in [5.74, 6) is 0. The SMILES string of the molecule is [2H]c1c([2H])c(-n2c3c([2H])c([2H])c([2H])c([2H])c3c3c4oc5c([2H])c([2H])c([2H])c([2H])c5c4c([2H])c([2H])c32)c([2H])c([2H])c1-c1c([2H])c([2H])c2oc3c([2H])c([2H])c([2H])c([2H])c3c2c1[2H]. The molecule has 3 heteroatoms. The van der Waals surface area contributed by atoms with Gasteiger partial charge in [-0.2, -0.15) is 0 Å². The van der Waals surface area contributed by atoms with Crippen LogP contribution in [0.25, 0.3) is 82.5 Å². The minimum atomic E-state index is -0.933. The van der Waals surface area contributed by atoms with E-state index in [1.165, 1.54) is 0 Å². The van der Waals surface area contributed by atoms with Crippen LogP contribution in [0.3, 0.4) is 0 Å². The van der Waals surface area contributed by atoms with Crippen molar-refractivity contribution < 1.29 is 37.6 Å². The number of nitrogens with zero attached hydrogens (tertiary/aromatic N) is 1. The van der Waals surface area contributed by atoms with E-state index in [0.29, 0.717) is 0 Å². The molecule has 39 heavy (non-hydrogen) atoms. The molecule has 0 bridgehead atoms. The van der Waals surface area contributed by atoms with E-state index in [2.05, 4.69) is 0 Å². The lowest BCUT2D eigenvalue weighted by Crippen LogP contribution is -1.93. The van der Waals surface area contributed by atoms with Crippen LogP contribution in [0.5, 0.6) is 0 Å². The second-order valence-corrected chi connectivity index (χ2v) is 8.53. The van der Waals surface area contributed by atoms with Crippen molar-refractivity contribution in [3.63, 3.8) is 0 Å². The fourth-order valence-corrected chi connectivity index (χ4v) is 4.77. The van der Waals surface area contributed by atoms with Gasteiger partial charge in [-0.3, -0.25) is 0 Å².